The highest BCUT2D eigenvalue weighted by molar-refractivity contribution is 5.62. The van der Waals surface area contributed by atoms with E-state index in [0.717, 1.165) is 29.4 Å². The average Bonchev–Trinajstić information content (AvgIpc) is 3.11. The van der Waals surface area contributed by atoms with Crippen molar-refractivity contribution in [2.75, 3.05) is 10.2 Å². The minimum absolute atomic E-state index is 0.109. The second-order valence-electron chi connectivity index (χ2n) is 8.27. The van der Waals surface area contributed by atoms with Crippen LogP contribution < -0.4 is 10.2 Å². The monoisotopic (exact) mass is 373 g/mol. The Balaban J connectivity index is 1.73. The van der Waals surface area contributed by atoms with Gasteiger partial charge in [-0.2, -0.15) is 5.10 Å². The zero-order valence-electron chi connectivity index (χ0n) is 17.0. The van der Waals surface area contributed by atoms with Crippen LogP contribution >= 0.6 is 0 Å². The highest BCUT2D eigenvalue weighted by Gasteiger charge is 2.29. The molecule has 1 aromatic carbocycles. The maximum Gasteiger partial charge on any atom is 0.136 e. The van der Waals surface area contributed by atoms with Crippen molar-refractivity contribution in [2.45, 2.75) is 46.2 Å². The predicted octanol–water partition coefficient (Wildman–Crippen LogP) is 4.86. The van der Waals surface area contributed by atoms with Crippen LogP contribution in [0.3, 0.4) is 0 Å². The van der Waals surface area contributed by atoms with Gasteiger partial charge in [-0.1, -0.05) is 23.8 Å². The summed E-state index contributed by atoms with van der Waals surface area (Å²) in [4.78, 5) is 6.84. The molecule has 0 unspecified atom stereocenters. The molecule has 0 saturated carbocycles. The van der Waals surface area contributed by atoms with Crippen molar-refractivity contribution in [3.8, 4) is 0 Å². The van der Waals surface area contributed by atoms with Crippen molar-refractivity contribution in [3.05, 3.63) is 83.6 Å². The average molecular weight is 374 g/mol. The summed E-state index contributed by atoms with van der Waals surface area (Å²) in [6, 6.07) is 14.5. The van der Waals surface area contributed by atoms with Gasteiger partial charge in [-0.15, -0.1) is 0 Å². The third kappa shape index (κ3) is 3.65. The van der Waals surface area contributed by atoms with E-state index in [1.165, 1.54) is 11.1 Å². The molecule has 0 saturated heterocycles. The molecule has 1 aliphatic rings. The number of nitrogens with one attached hydrogen (secondary N) is 1. The molecule has 4 rings (SSSR count). The number of aryl methyl sites for hydroxylation is 1. The van der Waals surface area contributed by atoms with E-state index in [1.54, 1.807) is 0 Å². The number of pyridine rings is 1. The normalized spacial score (nSPS) is 13.9. The smallest absolute Gasteiger partial charge is 0.136 e. The molecule has 0 radical (unpaired) electrons. The summed E-state index contributed by atoms with van der Waals surface area (Å²) in [6.07, 6.45) is 6.93. The van der Waals surface area contributed by atoms with E-state index < -0.39 is 0 Å². The summed E-state index contributed by atoms with van der Waals surface area (Å²) in [5, 5.41) is 8.31. The molecule has 2 aromatic heterocycles. The van der Waals surface area contributed by atoms with Crippen LogP contribution in [0, 0.1) is 6.92 Å². The van der Waals surface area contributed by atoms with Crippen LogP contribution in [0.25, 0.3) is 0 Å². The number of rotatable bonds is 4. The number of fused-ring (bicyclic) bond motifs is 1. The Morgan fingerprint density at radius 1 is 1.07 bits per heavy atom. The Morgan fingerprint density at radius 3 is 2.54 bits per heavy atom. The molecule has 3 aromatic rings. The SMILES string of the molecule is Cc1ccc(NC2=CCc3cnn(C(C)(C)C)c3N2Cc2ccccn2)cc1. The first kappa shape index (κ1) is 18.3. The molecular weight excluding hydrogens is 346 g/mol. The van der Waals surface area contributed by atoms with Crippen molar-refractivity contribution < 1.29 is 0 Å². The Morgan fingerprint density at radius 2 is 1.86 bits per heavy atom. The number of hydrogen-bond acceptors (Lipinski definition) is 4. The topological polar surface area (TPSA) is 46.0 Å². The first-order valence-electron chi connectivity index (χ1n) is 9.70. The molecule has 0 aliphatic carbocycles. The van der Waals surface area contributed by atoms with Crippen molar-refractivity contribution in [2.24, 2.45) is 0 Å². The fraction of sp³-hybridized carbons (Fsp3) is 0.304. The first-order chi connectivity index (χ1) is 13.4. The summed E-state index contributed by atoms with van der Waals surface area (Å²) < 4.78 is 2.12. The van der Waals surface area contributed by atoms with E-state index in [2.05, 4.69) is 84.0 Å². The molecule has 0 amide bonds. The minimum Gasteiger partial charge on any atom is -0.342 e. The molecule has 0 spiro atoms. The van der Waals surface area contributed by atoms with Crippen LogP contribution in [-0.4, -0.2) is 14.8 Å². The molecule has 1 N–H and O–H groups in total. The Labute approximate surface area is 166 Å². The van der Waals surface area contributed by atoms with Gasteiger partial charge in [0.15, 0.2) is 0 Å². The number of allylic oxidation sites excluding steroid dienone is 1. The minimum atomic E-state index is -0.109. The van der Waals surface area contributed by atoms with Gasteiger partial charge in [-0.05, 0) is 64.5 Å². The van der Waals surface area contributed by atoms with Gasteiger partial charge in [0.05, 0.1) is 24.0 Å². The lowest BCUT2D eigenvalue weighted by molar-refractivity contribution is 0.356. The van der Waals surface area contributed by atoms with Gasteiger partial charge >= 0.3 is 0 Å². The van der Waals surface area contributed by atoms with Crippen LogP contribution in [0.4, 0.5) is 11.5 Å². The van der Waals surface area contributed by atoms with Crippen LogP contribution in [-0.2, 0) is 18.5 Å². The molecule has 0 bridgehead atoms. The maximum atomic E-state index is 4.71. The van der Waals surface area contributed by atoms with E-state index in [4.69, 9.17) is 5.10 Å². The van der Waals surface area contributed by atoms with Gasteiger partial charge in [0.25, 0.3) is 0 Å². The van der Waals surface area contributed by atoms with Crippen molar-refractivity contribution in [1.82, 2.24) is 14.8 Å². The highest BCUT2D eigenvalue weighted by Crippen LogP contribution is 2.35. The predicted molar refractivity (Wildman–Crippen MR) is 114 cm³/mol. The quantitative estimate of drug-likeness (QED) is 0.709. The molecule has 5 heteroatoms. The van der Waals surface area contributed by atoms with Gasteiger partial charge in [-0.25, -0.2) is 4.68 Å². The van der Waals surface area contributed by atoms with Crippen LogP contribution in [0.5, 0.6) is 0 Å². The molecule has 0 atom stereocenters. The van der Waals surface area contributed by atoms with Gasteiger partial charge in [0.2, 0.25) is 0 Å². The molecule has 28 heavy (non-hydrogen) atoms. The number of aromatic nitrogens is 3. The molecule has 1 aliphatic heterocycles. The highest BCUT2D eigenvalue weighted by atomic mass is 15.4. The van der Waals surface area contributed by atoms with Crippen molar-refractivity contribution in [1.29, 1.82) is 0 Å². The largest absolute Gasteiger partial charge is 0.342 e. The number of hydrogen-bond donors (Lipinski definition) is 1. The zero-order chi connectivity index (χ0) is 19.7. The fourth-order valence-electron chi connectivity index (χ4n) is 3.45. The molecule has 0 fully saturated rings. The van der Waals surface area contributed by atoms with E-state index in [-0.39, 0.29) is 5.54 Å². The third-order valence-electron chi connectivity index (χ3n) is 4.88. The summed E-state index contributed by atoms with van der Waals surface area (Å²) in [6.45, 7) is 9.34. The summed E-state index contributed by atoms with van der Waals surface area (Å²) in [7, 11) is 0. The fourth-order valence-corrected chi connectivity index (χ4v) is 3.45. The van der Waals surface area contributed by atoms with Crippen LogP contribution in [0.2, 0.25) is 0 Å². The third-order valence-corrected chi connectivity index (χ3v) is 4.88. The van der Waals surface area contributed by atoms with E-state index in [1.807, 2.05) is 24.5 Å². The lowest BCUT2D eigenvalue weighted by Crippen LogP contribution is -2.35. The Kier molecular flexibility index (Phi) is 4.67. The van der Waals surface area contributed by atoms with Gasteiger partial charge in [0.1, 0.15) is 11.6 Å². The summed E-state index contributed by atoms with van der Waals surface area (Å²) in [5.41, 5.74) is 4.48. The number of nitrogens with zero attached hydrogens (tertiary/aromatic N) is 4. The van der Waals surface area contributed by atoms with Crippen LogP contribution in [0.1, 0.15) is 37.6 Å². The molecule has 5 nitrogen and oxygen atoms in total. The molecular formula is C23H27N5. The van der Waals surface area contributed by atoms with Crippen molar-refractivity contribution in [3.63, 3.8) is 0 Å². The number of anilines is 2. The second kappa shape index (κ2) is 7.15. The van der Waals surface area contributed by atoms with E-state index in [9.17, 15) is 0 Å². The standard InChI is InChI=1S/C23H27N5/c1-17-8-11-19(12-9-17)26-21-13-10-18-15-25-28(23(2,3)4)22(18)27(21)16-20-7-5-6-14-24-20/h5-9,11-15,26H,10,16H2,1-4H3. The summed E-state index contributed by atoms with van der Waals surface area (Å²) >= 11 is 0. The van der Waals surface area contributed by atoms with E-state index >= 15 is 0 Å². The zero-order valence-corrected chi connectivity index (χ0v) is 17.0. The van der Waals surface area contributed by atoms with Gasteiger partial charge < -0.3 is 10.2 Å². The van der Waals surface area contributed by atoms with Gasteiger partial charge in [0, 0.05) is 17.4 Å². The molecule has 3 heterocycles. The maximum absolute atomic E-state index is 4.71. The Hall–Kier alpha value is -3.08. The van der Waals surface area contributed by atoms with E-state index in [0.29, 0.717) is 6.54 Å². The lowest BCUT2D eigenvalue weighted by atomic mass is 10.1. The summed E-state index contributed by atoms with van der Waals surface area (Å²) in [5.74, 6) is 2.20. The lowest BCUT2D eigenvalue weighted by Gasteiger charge is -2.35. The van der Waals surface area contributed by atoms with Crippen molar-refractivity contribution >= 4 is 11.5 Å². The second-order valence-corrected chi connectivity index (χ2v) is 8.27. The first-order valence-corrected chi connectivity index (χ1v) is 9.70. The number of benzene rings is 1. The Bertz CT molecular complexity index is 978. The van der Waals surface area contributed by atoms with Gasteiger partial charge in [-0.3, -0.25) is 4.98 Å². The van der Waals surface area contributed by atoms with Crippen LogP contribution in [0.15, 0.2) is 66.8 Å². The molecule has 144 valence electrons.